The summed E-state index contributed by atoms with van der Waals surface area (Å²) >= 11 is 3.08. The molecule has 1 aliphatic rings. The van der Waals surface area contributed by atoms with Gasteiger partial charge in [-0.05, 0) is 5.53 Å². The Kier molecular flexibility index (Phi) is 4.63. The zero-order chi connectivity index (χ0) is 15.6. The van der Waals surface area contributed by atoms with Gasteiger partial charge in [-0.15, -0.1) is 0 Å². The van der Waals surface area contributed by atoms with Crippen LogP contribution in [0.15, 0.2) is 27.5 Å². The van der Waals surface area contributed by atoms with Gasteiger partial charge in [0.1, 0.15) is 6.23 Å². The average Bonchev–Trinajstić information content (AvgIpc) is 2.77. The van der Waals surface area contributed by atoms with Gasteiger partial charge in [-0.25, -0.2) is 4.79 Å². The Morgan fingerprint density at radius 1 is 1.71 bits per heavy atom. The standard InChI is InChI=1S/C11H12BrN5O4/c1-5(12)6-4-17(11(20)15-10(6)19)9-2-7(18)8(21-9)3-14-16-13/h4,7-9,18H,1-3H2,(H,15,19,20)/t7-,8+,9+/m0/s1. The fourth-order valence-corrected chi connectivity index (χ4v) is 2.34. The largest absolute Gasteiger partial charge is 0.390 e. The molecule has 0 aliphatic carbocycles. The van der Waals surface area contributed by atoms with E-state index in [0.29, 0.717) is 4.48 Å². The quantitative estimate of drug-likeness (QED) is 0.469. The number of nitrogens with zero attached hydrogens (tertiary/aromatic N) is 4. The summed E-state index contributed by atoms with van der Waals surface area (Å²) in [6, 6.07) is 0. The van der Waals surface area contributed by atoms with Crippen LogP contribution >= 0.6 is 15.9 Å². The second-order valence-electron chi connectivity index (χ2n) is 4.46. The number of hydrogen-bond donors (Lipinski definition) is 2. The monoisotopic (exact) mass is 357 g/mol. The van der Waals surface area contributed by atoms with Gasteiger partial charge in [0.05, 0.1) is 24.3 Å². The molecule has 3 atom stereocenters. The first kappa shape index (κ1) is 15.5. The summed E-state index contributed by atoms with van der Waals surface area (Å²) in [6.07, 6.45) is -0.860. The second-order valence-corrected chi connectivity index (χ2v) is 5.42. The van der Waals surface area contributed by atoms with Crippen LogP contribution < -0.4 is 11.2 Å². The molecule has 0 bridgehead atoms. The average molecular weight is 358 g/mol. The third-order valence-corrected chi connectivity index (χ3v) is 3.53. The topological polar surface area (TPSA) is 133 Å². The molecule has 112 valence electrons. The van der Waals surface area contributed by atoms with Gasteiger partial charge < -0.3 is 9.84 Å². The van der Waals surface area contributed by atoms with Crippen LogP contribution in [0.25, 0.3) is 14.9 Å². The van der Waals surface area contributed by atoms with Crippen molar-refractivity contribution in [3.63, 3.8) is 0 Å². The number of aliphatic hydroxyl groups is 1. The van der Waals surface area contributed by atoms with Crippen molar-refractivity contribution in [2.24, 2.45) is 5.11 Å². The molecule has 0 spiro atoms. The molecular weight excluding hydrogens is 346 g/mol. The molecule has 10 heteroatoms. The Bertz CT molecular complexity index is 720. The highest BCUT2D eigenvalue weighted by atomic mass is 79.9. The maximum atomic E-state index is 11.8. The number of hydrogen-bond acceptors (Lipinski definition) is 5. The predicted molar refractivity (Wildman–Crippen MR) is 77.8 cm³/mol. The van der Waals surface area contributed by atoms with Crippen molar-refractivity contribution in [3.05, 3.63) is 49.6 Å². The lowest BCUT2D eigenvalue weighted by molar-refractivity contribution is -0.0151. The molecule has 0 aromatic carbocycles. The minimum absolute atomic E-state index is 0.0374. The number of azide groups is 1. The van der Waals surface area contributed by atoms with E-state index < -0.39 is 29.7 Å². The molecule has 2 N–H and O–H groups in total. The molecule has 1 aromatic rings. The van der Waals surface area contributed by atoms with Crippen LogP contribution in [0.1, 0.15) is 18.2 Å². The van der Waals surface area contributed by atoms with E-state index in [1.807, 2.05) is 0 Å². The van der Waals surface area contributed by atoms with Gasteiger partial charge in [-0.3, -0.25) is 14.3 Å². The number of aromatic amines is 1. The van der Waals surface area contributed by atoms with Crippen LogP contribution in [-0.4, -0.2) is 33.4 Å². The molecular formula is C11H12BrN5O4. The van der Waals surface area contributed by atoms with Gasteiger partial charge in [-0.2, -0.15) is 0 Å². The molecule has 1 aromatic heterocycles. The molecule has 2 rings (SSSR count). The van der Waals surface area contributed by atoms with Gasteiger partial charge in [0.25, 0.3) is 5.56 Å². The Balaban J connectivity index is 2.33. The highest BCUT2D eigenvalue weighted by Crippen LogP contribution is 2.28. The van der Waals surface area contributed by atoms with Crippen molar-refractivity contribution < 1.29 is 9.84 Å². The summed E-state index contributed by atoms with van der Waals surface area (Å²) in [4.78, 5) is 28.2. The number of halogens is 1. The van der Waals surface area contributed by atoms with E-state index in [9.17, 15) is 14.7 Å². The highest BCUT2D eigenvalue weighted by Gasteiger charge is 2.35. The van der Waals surface area contributed by atoms with Gasteiger partial charge >= 0.3 is 5.69 Å². The minimum Gasteiger partial charge on any atom is -0.390 e. The van der Waals surface area contributed by atoms with E-state index in [0.717, 1.165) is 0 Å². The summed E-state index contributed by atoms with van der Waals surface area (Å²) in [5.41, 5.74) is 7.24. The number of rotatable bonds is 4. The third-order valence-electron chi connectivity index (χ3n) is 3.10. The lowest BCUT2D eigenvalue weighted by Gasteiger charge is -2.15. The number of aliphatic hydroxyl groups excluding tert-OH is 1. The lowest BCUT2D eigenvalue weighted by Crippen LogP contribution is -2.33. The smallest absolute Gasteiger partial charge is 0.330 e. The molecule has 0 saturated carbocycles. The fourth-order valence-electron chi connectivity index (χ4n) is 2.06. The maximum Gasteiger partial charge on any atom is 0.330 e. The van der Waals surface area contributed by atoms with Crippen LogP contribution in [0, 0.1) is 0 Å². The summed E-state index contributed by atoms with van der Waals surface area (Å²) in [5.74, 6) is 0. The third kappa shape index (κ3) is 3.24. The van der Waals surface area contributed by atoms with Crippen molar-refractivity contribution in [1.82, 2.24) is 9.55 Å². The molecule has 2 heterocycles. The molecule has 0 radical (unpaired) electrons. The zero-order valence-corrected chi connectivity index (χ0v) is 12.4. The van der Waals surface area contributed by atoms with Crippen LogP contribution in [0.4, 0.5) is 0 Å². The summed E-state index contributed by atoms with van der Waals surface area (Å²) in [7, 11) is 0. The first-order chi connectivity index (χ1) is 9.93. The predicted octanol–water partition coefficient (Wildman–Crippen LogP) is 0.861. The molecule has 1 fully saturated rings. The van der Waals surface area contributed by atoms with E-state index in [1.165, 1.54) is 10.8 Å². The lowest BCUT2D eigenvalue weighted by atomic mass is 10.2. The van der Waals surface area contributed by atoms with E-state index in [-0.39, 0.29) is 18.5 Å². The van der Waals surface area contributed by atoms with Crippen molar-refractivity contribution >= 4 is 20.4 Å². The van der Waals surface area contributed by atoms with Gasteiger partial charge in [-0.1, -0.05) is 27.6 Å². The van der Waals surface area contributed by atoms with Crippen molar-refractivity contribution in [2.75, 3.05) is 6.54 Å². The van der Waals surface area contributed by atoms with Gasteiger partial charge in [0.15, 0.2) is 0 Å². The summed E-state index contributed by atoms with van der Waals surface area (Å²) in [5, 5.41) is 13.2. The number of aromatic nitrogens is 2. The van der Waals surface area contributed by atoms with Crippen LogP contribution in [0.5, 0.6) is 0 Å². The van der Waals surface area contributed by atoms with Crippen LogP contribution in [0.3, 0.4) is 0 Å². The van der Waals surface area contributed by atoms with E-state index in [1.54, 1.807) is 0 Å². The normalized spacial score (nSPS) is 24.6. The maximum absolute atomic E-state index is 11.8. The SMILES string of the molecule is C=C(Br)c1cn([C@H]2C[C@H](O)[C@@H](CN=[N+]=[N-])O2)c(=O)[nH]c1=O. The number of nitrogens with one attached hydrogen (secondary N) is 1. The minimum atomic E-state index is -0.866. The van der Waals surface area contributed by atoms with Crippen molar-refractivity contribution in [2.45, 2.75) is 24.9 Å². The first-order valence-electron chi connectivity index (χ1n) is 5.98. The molecule has 9 nitrogen and oxygen atoms in total. The highest BCUT2D eigenvalue weighted by molar-refractivity contribution is 9.15. The van der Waals surface area contributed by atoms with E-state index >= 15 is 0 Å². The molecule has 1 aliphatic heterocycles. The Morgan fingerprint density at radius 2 is 2.43 bits per heavy atom. The first-order valence-corrected chi connectivity index (χ1v) is 6.78. The number of ether oxygens (including phenoxy) is 1. The van der Waals surface area contributed by atoms with Crippen LogP contribution in [0.2, 0.25) is 0 Å². The second kappa shape index (κ2) is 6.27. The fraction of sp³-hybridized carbons (Fsp3) is 0.455. The Hall–Kier alpha value is -1.87. The van der Waals surface area contributed by atoms with Crippen LogP contribution in [-0.2, 0) is 4.74 Å². The van der Waals surface area contributed by atoms with E-state index in [4.69, 9.17) is 10.3 Å². The molecule has 21 heavy (non-hydrogen) atoms. The van der Waals surface area contributed by atoms with Gasteiger partial charge in [0, 0.05) is 22.0 Å². The summed E-state index contributed by atoms with van der Waals surface area (Å²) < 4.78 is 6.99. The van der Waals surface area contributed by atoms with Gasteiger partial charge in [0.2, 0.25) is 0 Å². The zero-order valence-electron chi connectivity index (χ0n) is 10.8. The number of H-pyrrole nitrogens is 1. The van der Waals surface area contributed by atoms with E-state index in [2.05, 4.69) is 37.5 Å². The molecule has 0 unspecified atom stereocenters. The Labute approximate surface area is 126 Å². The van der Waals surface area contributed by atoms with Crippen molar-refractivity contribution in [1.29, 1.82) is 0 Å². The summed E-state index contributed by atoms with van der Waals surface area (Å²) in [6.45, 7) is 3.55. The Morgan fingerprint density at radius 3 is 3.05 bits per heavy atom. The van der Waals surface area contributed by atoms with Crippen molar-refractivity contribution in [3.8, 4) is 0 Å². The molecule has 0 amide bonds. The molecule has 1 saturated heterocycles.